The molecule has 2 nitrogen and oxygen atoms in total. The van der Waals surface area contributed by atoms with Gasteiger partial charge in [-0.3, -0.25) is 0 Å². The van der Waals surface area contributed by atoms with Crippen LogP contribution in [-0.2, 0) is 0 Å². The first-order valence-electron chi connectivity index (χ1n) is 19.5. The van der Waals surface area contributed by atoms with Crippen molar-refractivity contribution < 1.29 is 4.42 Å². The Morgan fingerprint density at radius 3 is 1.49 bits per heavy atom. The number of hydrogen-bond acceptors (Lipinski definition) is 2. The van der Waals surface area contributed by atoms with Crippen molar-refractivity contribution in [3.05, 3.63) is 182 Å². The van der Waals surface area contributed by atoms with Gasteiger partial charge in [0.1, 0.15) is 44.8 Å². The summed E-state index contributed by atoms with van der Waals surface area (Å²) < 4.78 is 7.14. The minimum Gasteiger partial charge on any atom is -0.453 e. The minimum absolute atomic E-state index is 0.183. The van der Waals surface area contributed by atoms with Crippen LogP contribution in [0.5, 0.6) is 0 Å². The van der Waals surface area contributed by atoms with E-state index in [1.54, 1.807) is 0 Å². The summed E-state index contributed by atoms with van der Waals surface area (Å²) in [5.74, 6) is 0. The quantitative estimate of drug-likeness (QED) is 0.152. The summed E-state index contributed by atoms with van der Waals surface area (Å²) >= 11 is 0. The van der Waals surface area contributed by atoms with E-state index < -0.39 is 0 Å². The lowest BCUT2D eigenvalue weighted by Gasteiger charge is -2.27. The lowest BCUT2D eigenvalue weighted by Crippen LogP contribution is -2.55. The molecule has 10 aromatic rings. The van der Waals surface area contributed by atoms with Gasteiger partial charge in [-0.25, -0.2) is 0 Å². The van der Waals surface area contributed by atoms with Crippen molar-refractivity contribution in [2.45, 2.75) is 0 Å². The third-order valence-electron chi connectivity index (χ3n) is 11.4. The Morgan fingerprint density at radius 2 is 0.831 bits per heavy atom. The number of rotatable bonds is 7. The second-order valence-corrected chi connectivity index (χ2v) is 14.8. The molecule has 0 N–H and O–H groups in total. The van der Waals surface area contributed by atoms with Gasteiger partial charge in [0, 0.05) is 27.7 Å². The largest absolute Gasteiger partial charge is 0.453 e. The van der Waals surface area contributed by atoms with Crippen molar-refractivity contribution in [2.24, 2.45) is 0 Å². The Balaban J connectivity index is 1.21. The zero-order valence-corrected chi connectivity index (χ0v) is 32.1. The highest BCUT2D eigenvalue weighted by molar-refractivity contribution is 6.68. The van der Waals surface area contributed by atoms with Crippen molar-refractivity contribution in [2.75, 3.05) is 4.90 Å². The van der Waals surface area contributed by atoms with Crippen molar-refractivity contribution in [1.29, 1.82) is 0 Å². The van der Waals surface area contributed by atoms with E-state index in [1.807, 2.05) is 36.4 Å². The van der Waals surface area contributed by atoms with Gasteiger partial charge < -0.3 is 9.32 Å². The molecule has 1 heterocycles. The fraction of sp³-hybridized carbons (Fsp3) is 0. The molecule has 59 heavy (non-hydrogen) atoms. The number of furan rings is 1. The molecule has 7 heteroatoms. The lowest BCUT2D eigenvalue weighted by atomic mass is 9.60. The van der Waals surface area contributed by atoms with Crippen LogP contribution < -0.4 is 32.2 Å². The van der Waals surface area contributed by atoms with Crippen LogP contribution >= 0.6 is 0 Å². The molecular weight excluding hydrogens is 709 g/mol. The number of fused-ring (bicyclic) bond motifs is 4. The van der Waals surface area contributed by atoms with Gasteiger partial charge in [-0.05, 0) is 80.0 Å². The third-order valence-corrected chi connectivity index (χ3v) is 11.4. The molecule has 1 aromatic heterocycles. The maximum Gasteiger partial charge on any atom is 0.160 e. The van der Waals surface area contributed by atoms with Crippen molar-refractivity contribution in [1.82, 2.24) is 0 Å². The average molecular weight is 739 g/mol. The van der Waals surface area contributed by atoms with Gasteiger partial charge in [0.05, 0.1) is 5.69 Å². The number of anilines is 3. The smallest absolute Gasteiger partial charge is 0.160 e. The predicted octanol–water partition coefficient (Wildman–Crippen LogP) is 8.85. The first-order valence-corrected chi connectivity index (χ1v) is 19.5. The van der Waals surface area contributed by atoms with Crippen LogP contribution in [0.4, 0.5) is 17.1 Å². The summed E-state index contributed by atoms with van der Waals surface area (Å²) in [5, 5.41) is 4.46. The van der Waals surface area contributed by atoms with Crippen molar-refractivity contribution in [3.8, 4) is 44.5 Å². The standard InChI is InChI=1S/C52H30B5NO/c53-46-44(47(54)49(56)50(57)48(46)55)35-23-27-37(28-24-35)58(36-25-21-34(22-26-36)39-18-9-16-31-15-7-8-17-38(31)39)43-30-29-40(32-11-3-1-4-12-32)45-42-20-10-19-41(51(42)59-52(43)45)33-13-5-2-6-14-33/h1-30H. The Bertz CT molecular complexity index is 3160. The molecule has 0 aliphatic rings. The van der Waals surface area contributed by atoms with E-state index >= 15 is 0 Å². The maximum atomic E-state index is 7.14. The molecule has 10 rings (SSSR count). The molecule has 0 aliphatic heterocycles. The normalized spacial score (nSPS) is 11.4. The van der Waals surface area contributed by atoms with Gasteiger partial charge >= 0.3 is 0 Å². The second kappa shape index (κ2) is 14.8. The summed E-state index contributed by atoms with van der Waals surface area (Å²) in [6, 6.07) is 63.2. The highest BCUT2D eigenvalue weighted by Crippen LogP contribution is 2.48. The van der Waals surface area contributed by atoms with E-state index in [9.17, 15) is 0 Å². The summed E-state index contributed by atoms with van der Waals surface area (Å²) in [5.41, 5.74) is 13.4. The molecule has 0 saturated heterocycles. The van der Waals surface area contributed by atoms with Crippen LogP contribution in [0.1, 0.15) is 0 Å². The van der Waals surface area contributed by atoms with E-state index in [-0.39, 0.29) is 27.3 Å². The van der Waals surface area contributed by atoms with Crippen LogP contribution in [0.25, 0.3) is 77.2 Å². The van der Waals surface area contributed by atoms with E-state index in [0.717, 1.165) is 72.4 Å². The average Bonchev–Trinajstić information content (AvgIpc) is 3.69. The van der Waals surface area contributed by atoms with Crippen LogP contribution in [0.3, 0.4) is 0 Å². The summed E-state index contributed by atoms with van der Waals surface area (Å²) in [6.07, 6.45) is 0. The summed E-state index contributed by atoms with van der Waals surface area (Å²) in [4.78, 5) is 2.23. The summed E-state index contributed by atoms with van der Waals surface area (Å²) in [6.45, 7) is 0. The topological polar surface area (TPSA) is 16.4 Å². The molecule has 0 atom stereocenters. The van der Waals surface area contributed by atoms with Gasteiger partial charge in [-0.2, -0.15) is 0 Å². The van der Waals surface area contributed by atoms with Gasteiger partial charge in [0.2, 0.25) is 0 Å². The first kappa shape index (κ1) is 36.5. The van der Waals surface area contributed by atoms with Gasteiger partial charge in [0.25, 0.3) is 0 Å². The molecule has 0 unspecified atom stereocenters. The molecule has 9 aromatic carbocycles. The van der Waals surface area contributed by atoms with Gasteiger partial charge in [0.15, 0.2) is 5.58 Å². The fourth-order valence-electron chi connectivity index (χ4n) is 8.40. The first-order chi connectivity index (χ1) is 28.9. The third kappa shape index (κ3) is 6.21. The lowest BCUT2D eigenvalue weighted by molar-refractivity contribution is 0.670. The molecule has 264 valence electrons. The summed E-state index contributed by atoms with van der Waals surface area (Å²) in [7, 11) is 31.7. The molecule has 0 spiro atoms. The molecule has 0 saturated carbocycles. The van der Waals surface area contributed by atoms with Crippen LogP contribution in [0.15, 0.2) is 186 Å². The molecule has 0 amide bonds. The Morgan fingerprint density at radius 1 is 0.339 bits per heavy atom. The molecule has 10 radical (unpaired) electrons. The monoisotopic (exact) mass is 739 g/mol. The number of para-hydroxylation sites is 1. The van der Waals surface area contributed by atoms with E-state index in [2.05, 4.69) is 150 Å². The van der Waals surface area contributed by atoms with E-state index in [0.29, 0.717) is 5.56 Å². The zero-order valence-electron chi connectivity index (χ0n) is 32.1. The van der Waals surface area contributed by atoms with Crippen LogP contribution in [0, 0.1) is 0 Å². The Hall–Kier alpha value is -6.84. The SMILES string of the molecule is [B]c1c([B])c([B])c(-c2ccc(N(c3ccc(-c4cccc5ccccc45)cc3)c3ccc(-c4ccccc4)c4c3oc3c(-c5ccccc5)cccc34)cc2)c([B])c1[B]. The minimum atomic E-state index is 0.183. The fourth-order valence-corrected chi connectivity index (χ4v) is 8.40. The highest BCUT2D eigenvalue weighted by atomic mass is 16.3. The zero-order chi connectivity index (χ0) is 40.2. The Kier molecular flexibility index (Phi) is 9.18. The van der Waals surface area contributed by atoms with Crippen LogP contribution in [0.2, 0.25) is 0 Å². The van der Waals surface area contributed by atoms with Crippen molar-refractivity contribution in [3.63, 3.8) is 0 Å². The molecule has 0 aliphatic carbocycles. The maximum absolute atomic E-state index is 7.14. The second-order valence-electron chi connectivity index (χ2n) is 14.8. The number of hydrogen-bond donors (Lipinski definition) is 0. The number of nitrogens with zero attached hydrogens (tertiary/aromatic N) is 1. The predicted molar refractivity (Wildman–Crippen MR) is 255 cm³/mol. The van der Waals surface area contributed by atoms with Gasteiger partial charge in [-0.1, -0.05) is 163 Å². The molecule has 0 bridgehead atoms. The number of benzene rings is 9. The molecule has 0 fully saturated rings. The highest BCUT2D eigenvalue weighted by Gasteiger charge is 2.24. The Labute approximate surface area is 350 Å². The van der Waals surface area contributed by atoms with E-state index in [4.69, 9.17) is 43.6 Å². The molecular formula is C52H30B5NO. The van der Waals surface area contributed by atoms with E-state index in [1.165, 1.54) is 16.3 Å². The van der Waals surface area contributed by atoms with Gasteiger partial charge in [-0.15, -0.1) is 16.4 Å². The van der Waals surface area contributed by atoms with Crippen molar-refractivity contribution >= 4 is 116 Å². The van der Waals surface area contributed by atoms with Crippen LogP contribution in [-0.4, -0.2) is 39.2 Å².